The predicted octanol–water partition coefficient (Wildman–Crippen LogP) is 6.41. The van der Waals surface area contributed by atoms with Gasteiger partial charge < -0.3 is 4.43 Å². The van der Waals surface area contributed by atoms with Crippen molar-refractivity contribution >= 4 is 20.1 Å². The Labute approximate surface area is 173 Å². The molecule has 0 spiro atoms. The molecule has 1 fully saturated rings. The summed E-state index contributed by atoms with van der Waals surface area (Å²) in [4.78, 5) is 0. The van der Waals surface area contributed by atoms with E-state index in [2.05, 4.69) is 39.2 Å². The van der Waals surface area contributed by atoms with Crippen LogP contribution in [0.15, 0.2) is 30.3 Å². The second kappa shape index (κ2) is 9.54. The lowest BCUT2D eigenvalue weighted by atomic mass is 10.1. The minimum Gasteiger partial charge on any atom is -0.415 e. The van der Waals surface area contributed by atoms with Gasteiger partial charge in [0, 0.05) is 11.8 Å². The van der Waals surface area contributed by atoms with E-state index in [1.807, 2.05) is 0 Å². The number of benzene rings is 1. The molecule has 1 saturated carbocycles. The first kappa shape index (κ1) is 23.8. The van der Waals surface area contributed by atoms with Crippen LogP contribution in [0.3, 0.4) is 0 Å². The zero-order valence-corrected chi connectivity index (χ0v) is 19.4. The summed E-state index contributed by atoms with van der Waals surface area (Å²) >= 11 is 1.74. The molecule has 1 aliphatic rings. The smallest absolute Gasteiger partial charge is 0.407 e. The largest absolute Gasteiger partial charge is 0.415 e. The van der Waals surface area contributed by atoms with Crippen LogP contribution < -0.4 is 5.32 Å². The predicted molar refractivity (Wildman–Crippen MR) is 115 cm³/mol. The number of halogens is 3. The van der Waals surface area contributed by atoms with Crippen LogP contribution in [0.4, 0.5) is 13.2 Å². The van der Waals surface area contributed by atoms with Crippen molar-refractivity contribution in [3.8, 4) is 0 Å². The Balaban J connectivity index is 2.09. The van der Waals surface area contributed by atoms with Gasteiger partial charge in [0.25, 0.3) is 0 Å². The Morgan fingerprint density at radius 1 is 1.14 bits per heavy atom. The zero-order chi connectivity index (χ0) is 21.0. The highest BCUT2D eigenvalue weighted by Crippen LogP contribution is 2.38. The Kier molecular flexibility index (Phi) is 8.10. The van der Waals surface area contributed by atoms with E-state index < -0.39 is 20.5 Å². The van der Waals surface area contributed by atoms with Gasteiger partial charge in [-0.3, -0.25) is 5.32 Å². The summed E-state index contributed by atoms with van der Waals surface area (Å²) in [5.74, 6) is 2.41. The molecule has 160 valence electrons. The highest BCUT2D eigenvalue weighted by Gasteiger charge is 2.43. The molecule has 0 radical (unpaired) electrons. The van der Waals surface area contributed by atoms with Gasteiger partial charge in [-0.1, -0.05) is 51.1 Å². The van der Waals surface area contributed by atoms with Crippen molar-refractivity contribution in [1.29, 1.82) is 0 Å². The molecular formula is C21H34F3NOSSi. The molecule has 1 aromatic rings. The summed E-state index contributed by atoms with van der Waals surface area (Å²) in [5.41, 5.74) is 0.250. The molecule has 0 amide bonds. The highest BCUT2D eigenvalue weighted by atomic mass is 32.2. The van der Waals surface area contributed by atoms with Crippen LogP contribution in [0.2, 0.25) is 18.1 Å². The fraction of sp³-hybridized carbons (Fsp3) is 0.714. The summed E-state index contributed by atoms with van der Waals surface area (Å²) in [7, 11) is -2.02. The average Bonchev–Trinajstić information content (AvgIpc) is 3.39. The maximum Gasteiger partial charge on any atom is 0.407 e. The molecule has 28 heavy (non-hydrogen) atoms. The molecule has 2 rings (SSSR count). The number of rotatable bonds is 10. The zero-order valence-electron chi connectivity index (χ0n) is 17.6. The van der Waals surface area contributed by atoms with Gasteiger partial charge in [0.2, 0.25) is 0 Å². The van der Waals surface area contributed by atoms with Crippen molar-refractivity contribution < 1.29 is 17.6 Å². The Morgan fingerprint density at radius 3 is 2.25 bits per heavy atom. The number of hydrogen-bond donors (Lipinski definition) is 1. The second-order valence-electron chi connectivity index (χ2n) is 9.30. The summed E-state index contributed by atoms with van der Waals surface area (Å²) < 4.78 is 47.6. The Hall–Kier alpha value is -0.503. The maximum absolute atomic E-state index is 13.8. The third kappa shape index (κ3) is 7.39. The summed E-state index contributed by atoms with van der Waals surface area (Å²) in [6.45, 7) is 11.0. The van der Waals surface area contributed by atoms with Gasteiger partial charge in [-0.25, -0.2) is 0 Å². The lowest BCUT2D eigenvalue weighted by Gasteiger charge is -2.38. The fourth-order valence-corrected chi connectivity index (χ4v) is 4.92. The summed E-state index contributed by atoms with van der Waals surface area (Å²) in [6.07, 6.45) is -1.85. The summed E-state index contributed by atoms with van der Waals surface area (Å²) in [5, 5.41) is 2.91. The van der Waals surface area contributed by atoms with E-state index in [0.29, 0.717) is 12.4 Å². The van der Waals surface area contributed by atoms with Crippen LogP contribution in [0.25, 0.3) is 0 Å². The van der Waals surface area contributed by atoms with Crippen LogP contribution in [-0.4, -0.2) is 38.6 Å². The number of nitrogens with one attached hydrogen (secondary N) is 1. The van der Waals surface area contributed by atoms with Crippen LogP contribution >= 0.6 is 11.8 Å². The molecule has 0 bridgehead atoms. The molecule has 1 aromatic carbocycles. The first-order chi connectivity index (χ1) is 12.9. The normalized spacial score (nSPS) is 18.1. The second-order valence-corrected chi connectivity index (χ2v) is 15.2. The van der Waals surface area contributed by atoms with Crippen molar-refractivity contribution in [2.45, 2.75) is 70.0 Å². The first-order valence-electron chi connectivity index (χ1n) is 9.99. The highest BCUT2D eigenvalue weighted by molar-refractivity contribution is 7.99. The minimum atomic E-state index is -4.35. The van der Waals surface area contributed by atoms with Gasteiger partial charge in [0.1, 0.15) is 6.04 Å². The fourth-order valence-electron chi connectivity index (χ4n) is 2.59. The molecule has 1 aliphatic carbocycles. The summed E-state index contributed by atoms with van der Waals surface area (Å²) in [6, 6.07) is 6.09. The Morgan fingerprint density at radius 2 is 1.75 bits per heavy atom. The lowest BCUT2D eigenvalue weighted by Crippen LogP contribution is -2.48. The molecule has 0 aliphatic heterocycles. The average molecular weight is 434 g/mol. The van der Waals surface area contributed by atoms with E-state index in [1.54, 1.807) is 30.0 Å². The van der Waals surface area contributed by atoms with Crippen LogP contribution in [0.1, 0.15) is 45.2 Å². The first-order valence-corrected chi connectivity index (χ1v) is 14.1. The third-order valence-corrected chi connectivity index (χ3v) is 11.5. The number of hydrogen-bond acceptors (Lipinski definition) is 3. The minimum absolute atomic E-state index is 0.0293. The molecular weight excluding hydrogens is 399 g/mol. The van der Waals surface area contributed by atoms with Gasteiger partial charge in [0.15, 0.2) is 8.32 Å². The van der Waals surface area contributed by atoms with E-state index >= 15 is 0 Å². The van der Waals surface area contributed by atoms with E-state index in [1.165, 1.54) is 25.0 Å². The third-order valence-electron chi connectivity index (χ3n) is 5.68. The van der Waals surface area contributed by atoms with Gasteiger partial charge in [-0.15, -0.1) is 0 Å². The van der Waals surface area contributed by atoms with Crippen molar-refractivity contribution in [2.75, 3.05) is 18.1 Å². The van der Waals surface area contributed by atoms with Crippen molar-refractivity contribution in [1.82, 2.24) is 5.32 Å². The number of alkyl halides is 3. The molecule has 2 atom stereocenters. The monoisotopic (exact) mass is 433 g/mol. The van der Waals surface area contributed by atoms with Crippen molar-refractivity contribution in [3.63, 3.8) is 0 Å². The van der Waals surface area contributed by atoms with Gasteiger partial charge in [-0.05, 0) is 48.2 Å². The van der Waals surface area contributed by atoms with Crippen LogP contribution in [0.5, 0.6) is 0 Å². The quantitative estimate of drug-likeness (QED) is 0.431. The number of thioether (sulfide) groups is 1. The van der Waals surface area contributed by atoms with Gasteiger partial charge in [0.05, 0.1) is 6.61 Å². The molecule has 2 nitrogen and oxygen atoms in total. The van der Waals surface area contributed by atoms with Gasteiger partial charge >= 0.3 is 6.18 Å². The van der Waals surface area contributed by atoms with Crippen molar-refractivity contribution in [2.24, 2.45) is 5.92 Å². The van der Waals surface area contributed by atoms with Crippen molar-refractivity contribution in [3.05, 3.63) is 35.9 Å². The van der Waals surface area contributed by atoms with Crippen LogP contribution in [0, 0.1) is 5.92 Å². The SMILES string of the molecule is CC(C)(C)[Si](C)(C)OCC(CSCC1CC1)NC(c1ccccc1)C(F)(F)F. The topological polar surface area (TPSA) is 21.3 Å². The van der Waals surface area contributed by atoms with E-state index in [9.17, 15) is 13.2 Å². The Bertz CT molecular complexity index is 600. The maximum atomic E-state index is 13.8. The standard InChI is InChI=1S/C21H34F3NOSSi/c1-20(2,3)28(4,5)26-13-18(15-27-14-16-11-12-16)25-19(21(22,23)24)17-9-7-6-8-10-17/h6-10,16,18-19,25H,11-15H2,1-5H3. The van der Waals surface area contributed by atoms with E-state index in [0.717, 1.165) is 11.7 Å². The van der Waals surface area contributed by atoms with E-state index in [-0.39, 0.29) is 16.6 Å². The molecule has 1 N–H and O–H groups in total. The molecule has 2 unspecified atom stereocenters. The molecule has 0 heterocycles. The molecule has 0 aromatic heterocycles. The lowest BCUT2D eigenvalue weighted by molar-refractivity contribution is -0.159. The molecule has 0 saturated heterocycles. The molecule has 7 heteroatoms. The van der Waals surface area contributed by atoms with E-state index in [4.69, 9.17) is 4.43 Å². The van der Waals surface area contributed by atoms with Gasteiger partial charge in [-0.2, -0.15) is 24.9 Å². The van der Waals surface area contributed by atoms with Crippen LogP contribution in [-0.2, 0) is 4.43 Å².